The molecule has 0 atom stereocenters. The molecule has 0 saturated heterocycles. The third-order valence-electron chi connectivity index (χ3n) is 4.32. The Kier molecular flexibility index (Phi) is 7.89. The Balaban J connectivity index is 1.66. The standard InChI is InChI=1S/C22H21ClN2O5S2/c1-30-21-5-3-2-4-18(21)25-32(28,29)17-10-11-20(26)19(12-17)24-22(27)14-31-13-15-6-8-16(23)9-7-15/h2-12,25-26H,13-14H2,1H3,(H,24,27). The number of benzene rings is 3. The number of carbonyl (C=O) groups is 1. The van der Waals surface area contributed by atoms with Gasteiger partial charge < -0.3 is 15.2 Å². The zero-order chi connectivity index (χ0) is 23.1. The maximum absolute atomic E-state index is 12.8. The first-order valence-electron chi connectivity index (χ1n) is 9.39. The molecule has 0 aromatic heterocycles. The van der Waals surface area contributed by atoms with E-state index in [1.54, 1.807) is 36.4 Å². The van der Waals surface area contributed by atoms with Crippen molar-refractivity contribution in [3.63, 3.8) is 0 Å². The number of ether oxygens (including phenoxy) is 1. The second-order valence-corrected chi connectivity index (χ2v) is 9.76. The first kappa shape index (κ1) is 23.8. The third-order valence-corrected chi connectivity index (χ3v) is 6.94. The average molecular weight is 493 g/mol. The molecule has 10 heteroatoms. The summed E-state index contributed by atoms with van der Waals surface area (Å²) in [5.41, 5.74) is 1.29. The van der Waals surface area contributed by atoms with Crippen molar-refractivity contribution in [3.05, 3.63) is 77.3 Å². The number of rotatable bonds is 9. The molecule has 0 radical (unpaired) electrons. The summed E-state index contributed by atoms with van der Waals surface area (Å²) in [6.07, 6.45) is 0. The number of nitrogens with one attached hydrogen (secondary N) is 2. The highest BCUT2D eigenvalue weighted by atomic mass is 35.5. The van der Waals surface area contributed by atoms with Crippen LogP contribution in [0.1, 0.15) is 5.56 Å². The summed E-state index contributed by atoms with van der Waals surface area (Å²) in [5.74, 6) is 0.483. The molecular weight excluding hydrogens is 472 g/mol. The minimum absolute atomic E-state index is 0.00462. The van der Waals surface area contributed by atoms with Crippen LogP contribution < -0.4 is 14.8 Å². The van der Waals surface area contributed by atoms with Crippen LogP contribution in [-0.2, 0) is 20.6 Å². The van der Waals surface area contributed by atoms with E-state index >= 15 is 0 Å². The summed E-state index contributed by atoms with van der Waals surface area (Å²) >= 11 is 7.24. The van der Waals surface area contributed by atoms with Gasteiger partial charge in [-0.3, -0.25) is 9.52 Å². The quantitative estimate of drug-likeness (QED) is 0.373. The van der Waals surface area contributed by atoms with Crippen molar-refractivity contribution in [2.45, 2.75) is 10.6 Å². The number of carbonyl (C=O) groups excluding carboxylic acids is 1. The van der Waals surface area contributed by atoms with Crippen molar-refractivity contribution in [1.29, 1.82) is 0 Å². The Labute approximate surface area is 195 Å². The van der Waals surface area contributed by atoms with E-state index < -0.39 is 10.0 Å². The molecule has 3 N–H and O–H groups in total. The van der Waals surface area contributed by atoms with Gasteiger partial charge in [0.15, 0.2) is 0 Å². The number of aromatic hydroxyl groups is 1. The van der Waals surface area contributed by atoms with Crippen molar-refractivity contribution >= 4 is 50.7 Å². The molecule has 0 unspecified atom stereocenters. The maximum atomic E-state index is 12.8. The van der Waals surface area contributed by atoms with Gasteiger partial charge in [0.05, 0.1) is 29.1 Å². The van der Waals surface area contributed by atoms with Gasteiger partial charge in [0, 0.05) is 10.8 Å². The normalized spacial score (nSPS) is 11.1. The van der Waals surface area contributed by atoms with Gasteiger partial charge in [-0.05, 0) is 48.0 Å². The summed E-state index contributed by atoms with van der Waals surface area (Å²) in [6.45, 7) is 0. The van der Waals surface area contributed by atoms with Gasteiger partial charge in [-0.1, -0.05) is 35.9 Å². The number of thioether (sulfide) groups is 1. The molecule has 168 valence electrons. The van der Waals surface area contributed by atoms with Crippen molar-refractivity contribution in [1.82, 2.24) is 0 Å². The average Bonchev–Trinajstić information content (AvgIpc) is 2.76. The monoisotopic (exact) mass is 492 g/mol. The van der Waals surface area contributed by atoms with Crippen LogP contribution in [0.15, 0.2) is 71.6 Å². The molecule has 1 amide bonds. The molecule has 0 fully saturated rings. The number of methoxy groups -OCH3 is 1. The minimum atomic E-state index is -3.99. The molecule has 3 aromatic carbocycles. The summed E-state index contributed by atoms with van der Waals surface area (Å²) in [6, 6.07) is 17.6. The van der Waals surface area contributed by atoms with Crippen molar-refractivity contribution in [3.8, 4) is 11.5 Å². The number of hydrogen-bond donors (Lipinski definition) is 3. The highest BCUT2D eigenvalue weighted by Gasteiger charge is 2.19. The van der Waals surface area contributed by atoms with Crippen molar-refractivity contribution < 1.29 is 23.1 Å². The highest BCUT2D eigenvalue weighted by Crippen LogP contribution is 2.30. The van der Waals surface area contributed by atoms with Gasteiger partial charge in [0.2, 0.25) is 5.91 Å². The predicted octanol–water partition coefficient (Wildman–Crippen LogP) is 4.73. The molecule has 3 rings (SSSR count). The topological polar surface area (TPSA) is 105 Å². The molecule has 0 spiro atoms. The van der Waals surface area contributed by atoms with Gasteiger partial charge >= 0.3 is 0 Å². The van der Waals surface area contributed by atoms with Crippen LogP contribution in [0.3, 0.4) is 0 Å². The Morgan fingerprint density at radius 2 is 1.78 bits per heavy atom. The number of phenolic OH excluding ortho intramolecular Hbond substituents is 1. The van der Waals surface area contributed by atoms with E-state index in [-0.39, 0.29) is 33.7 Å². The first-order chi connectivity index (χ1) is 15.3. The molecule has 32 heavy (non-hydrogen) atoms. The minimum Gasteiger partial charge on any atom is -0.506 e. The molecule has 0 bridgehead atoms. The first-order valence-corrected chi connectivity index (χ1v) is 12.4. The molecule has 0 aliphatic heterocycles. The van der Waals surface area contributed by atoms with E-state index in [2.05, 4.69) is 10.0 Å². The molecule has 0 aliphatic rings. The van der Waals surface area contributed by atoms with Gasteiger partial charge in [-0.25, -0.2) is 8.42 Å². The van der Waals surface area contributed by atoms with Crippen LogP contribution in [0, 0.1) is 0 Å². The summed E-state index contributed by atoms with van der Waals surface area (Å²) in [4.78, 5) is 12.2. The molecule has 3 aromatic rings. The fourth-order valence-corrected chi connectivity index (χ4v) is 4.75. The van der Waals surface area contributed by atoms with E-state index in [0.29, 0.717) is 16.5 Å². The Bertz CT molecular complexity index is 1200. The summed E-state index contributed by atoms with van der Waals surface area (Å²) < 4.78 is 33.2. The summed E-state index contributed by atoms with van der Waals surface area (Å²) in [7, 11) is -2.55. The van der Waals surface area contributed by atoms with Crippen LogP contribution in [0.2, 0.25) is 5.02 Å². The molecule has 0 heterocycles. The van der Waals surface area contributed by atoms with Crippen LogP contribution in [-0.4, -0.2) is 32.3 Å². The Morgan fingerprint density at radius 1 is 1.06 bits per heavy atom. The number of sulfonamides is 1. The van der Waals surface area contributed by atoms with Crippen LogP contribution >= 0.6 is 23.4 Å². The van der Waals surface area contributed by atoms with Gasteiger partial charge in [0.1, 0.15) is 11.5 Å². The van der Waals surface area contributed by atoms with E-state index in [9.17, 15) is 18.3 Å². The highest BCUT2D eigenvalue weighted by molar-refractivity contribution is 7.99. The Hall–Kier alpha value is -2.88. The van der Waals surface area contributed by atoms with Gasteiger partial charge in [-0.2, -0.15) is 0 Å². The molecule has 7 nitrogen and oxygen atoms in total. The van der Waals surface area contributed by atoms with Gasteiger partial charge in [-0.15, -0.1) is 11.8 Å². The zero-order valence-electron chi connectivity index (χ0n) is 17.0. The van der Waals surface area contributed by atoms with E-state index in [1.165, 1.54) is 37.1 Å². The second kappa shape index (κ2) is 10.6. The largest absolute Gasteiger partial charge is 0.506 e. The van der Waals surface area contributed by atoms with Crippen LogP contribution in [0.25, 0.3) is 0 Å². The van der Waals surface area contributed by atoms with Crippen LogP contribution in [0.5, 0.6) is 11.5 Å². The molecular formula is C22H21ClN2O5S2. The number of phenols is 1. The number of halogens is 1. The smallest absolute Gasteiger partial charge is 0.262 e. The van der Waals surface area contributed by atoms with Crippen molar-refractivity contribution in [2.75, 3.05) is 22.9 Å². The van der Waals surface area contributed by atoms with Gasteiger partial charge in [0.25, 0.3) is 10.0 Å². The number of amides is 1. The number of para-hydroxylation sites is 2. The lowest BCUT2D eigenvalue weighted by atomic mass is 10.2. The van der Waals surface area contributed by atoms with E-state index in [4.69, 9.17) is 16.3 Å². The fraction of sp³-hybridized carbons (Fsp3) is 0.136. The third kappa shape index (κ3) is 6.32. The maximum Gasteiger partial charge on any atom is 0.262 e. The van der Waals surface area contributed by atoms with E-state index in [1.807, 2.05) is 12.1 Å². The lowest BCUT2D eigenvalue weighted by molar-refractivity contribution is -0.113. The lowest BCUT2D eigenvalue weighted by Crippen LogP contribution is -2.16. The molecule has 0 aliphatic carbocycles. The summed E-state index contributed by atoms with van der Waals surface area (Å²) in [5, 5.41) is 13.3. The molecule has 0 saturated carbocycles. The van der Waals surface area contributed by atoms with E-state index in [0.717, 1.165) is 5.56 Å². The number of hydrogen-bond acceptors (Lipinski definition) is 6. The lowest BCUT2D eigenvalue weighted by Gasteiger charge is -2.13. The zero-order valence-corrected chi connectivity index (χ0v) is 19.4. The Morgan fingerprint density at radius 3 is 2.50 bits per heavy atom. The van der Waals surface area contributed by atoms with Crippen LogP contribution in [0.4, 0.5) is 11.4 Å². The number of anilines is 2. The predicted molar refractivity (Wildman–Crippen MR) is 128 cm³/mol. The SMILES string of the molecule is COc1ccccc1NS(=O)(=O)c1ccc(O)c(NC(=O)CSCc2ccc(Cl)cc2)c1. The van der Waals surface area contributed by atoms with Crippen molar-refractivity contribution in [2.24, 2.45) is 0 Å². The fourth-order valence-electron chi connectivity index (χ4n) is 2.74. The second-order valence-electron chi connectivity index (χ2n) is 6.65.